The molecule has 1 aromatic carbocycles. The highest BCUT2D eigenvalue weighted by molar-refractivity contribution is 5.40. The van der Waals surface area contributed by atoms with Gasteiger partial charge in [0.2, 0.25) is 0 Å². The lowest BCUT2D eigenvalue weighted by Gasteiger charge is -2.26. The molecule has 0 radical (unpaired) electrons. The van der Waals surface area contributed by atoms with Crippen molar-refractivity contribution < 1.29 is 0 Å². The van der Waals surface area contributed by atoms with Gasteiger partial charge < -0.3 is 5.32 Å². The first-order valence-electron chi connectivity index (χ1n) is 5.66. The molecule has 1 N–H and O–H groups in total. The van der Waals surface area contributed by atoms with Gasteiger partial charge in [0.1, 0.15) is 0 Å². The number of nitrogens with one attached hydrogen (secondary N) is 1. The Hall–Kier alpha value is -0.820. The highest BCUT2D eigenvalue weighted by Crippen LogP contribution is 2.40. The summed E-state index contributed by atoms with van der Waals surface area (Å²) in [7, 11) is 0. The second kappa shape index (κ2) is 3.09. The fourth-order valence-electron chi connectivity index (χ4n) is 2.99. The topological polar surface area (TPSA) is 12.0 Å². The first kappa shape index (κ1) is 8.49. The molecule has 3 aliphatic rings. The third kappa shape index (κ3) is 1.19. The van der Waals surface area contributed by atoms with Gasteiger partial charge in [-0.25, -0.2) is 0 Å². The van der Waals surface area contributed by atoms with Crippen LogP contribution in [-0.2, 0) is 0 Å². The number of hydrogen-bond acceptors (Lipinski definition) is 1. The molecule has 74 valence electrons. The van der Waals surface area contributed by atoms with Crippen LogP contribution in [0.2, 0.25) is 0 Å². The van der Waals surface area contributed by atoms with E-state index in [2.05, 4.69) is 30.4 Å². The van der Waals surface area contributed by atoms with Gasteiger partial charge in [0.15, 0.2) is 0 Å². The van der Waals surface area contributed by atoms with E-state index in [4.69, 9.17) is 0 Å². The second-order valence-electron chi connectivity index (χ2n) is 4.76. The maximum absolute atomic E-state index is 3.58. The summed E-state index contributed by atoms with van der Waals surface area (Å²) in [6, 6.07) is 7.02. The zero-order chi connectivity index (χ0) is 9.54. The molecule has 2 bridgehead atoms. The molecule has 0 aromatic heterocycles. The van der Waals surface area contributed by atoms with Gasteiger partial charge in [-0.05, 0) is 42.7 Å². The summed E-state index contributed by atoms with van der Waals surface area (Å²) >= 11 is 0. The van der Waals surface area contributed by atoms with E-state index in [-0.39, 0.29) is 0 Å². The smallest absolute Gasteiger partial charge is 0.00205 e. The lowest BCUT2D eigenvalue weighted by atomic mass is 9.78. The molecule has 1 heteroatoms. The summed E-state index contributed by atoms with van der Waals surface area (Å²) in [6.45, 7) is 4.58. The molecule has 1 aromatic rings. The molecule has 14 heavy (non-hydrogen) atoms. The first-order valence-corrected chi connectivity index (χ1v) is 5.66. The molecule has 1 aliphatic carbocycles. The van der Waals surface area contributed by atoms with Crippen LogP contribution in [0.4, 0.5) is 0 Å². The number of rotatable bonds is 0. The molecule has 2 atom stereocenters. The standard InChI is InChI=1S/C13H17N/c1-9-2-5-12-10-3-4-11(8-14-7-10)13(12)6-9/h2,5-6,10-11,14H,3-4,7-8H2,1H3. The summed E-state index contributed by atoms with van der Waals surface area (Å²) in [6.07, 6.45) is 2.77. The minimum Gasteiger partial charge on any atom is -0.316 e. The normalized spacial score (nSPS) is 29.8. The summed E-state index contributed by atoms with van der Waals surface area (Å²) < 4.78 is 0. The van der Waals surface area contributed by atoms with Crippen LogP contribution in [0.25, 0.3) is 0 Å². The fourth-order valence-corrected chi connectivity index (χ4v) is 2.99. The van der Waals surface area contributed by atoms with Crippen molar-refractivity contribution in [1.29, 1.82) is 0 Å². The van der Waals surface area contributed by atoms with Gasteiger partial charge >= 0.3 is 0 Å². The van der Waals surface area contributed by atoms with Crippen LogP contribution in [0, 0.1) is 6.92 Å². The molecule has 1 saturated heterocycles. The van der Waals surface area contributed by atoms with Crippen molar-refractivity contribution in [3.8, 4) is 0 Å². The first-order chi connectivity index (χ1) is 6.84. The average molecular weight is 187 g/mol. The van der Waals surface area contributed by atoms with Crippen molar-refractivity contribution in [3.05, 3.63) is 34.9 Å². The summed E-state index contributed by atoms with van der Waals surface area (Å²) in [4.78, 5) is 0. The number of fused-ring (bicyclic) bond motifs is 3. The highest BCUT2D eigenvalue weighted by atomic mass is 14.9. The minimum atomic E-state index is 0.781. The van der Waals surface area contributed by atoms with Crippen LogP contribution in [0.15, 0.2) is 18.2 Å². The van der Waals surface area contributed by atoms with Crippen molar-refractivity contribution in [2.75, 3.05) is 13.1 Å². The Morgan fingerprint density at radius 1 is 1.07 bits per heavy atom. The van der Waals surface area contributed by atoms with E-state index in [1.807, 2.05) is 0 Å². The van der Waals surface area contributed by atoms with Crippen molar-refractivity contribution in [2.24, 2.45) is 0 Å². The molecule has 2 heterocycles. The van der Waals surface area contributed by atoms with Crippen LogP contribution in [0.3, 0.4) is 0 Å². The molecular formula is C13H17N. The Balaban J connectivity index is 2.15. The molecule has 2 aliphatic heterocycles. The van der Waals surface area contributed by atoms with Crippen molar-refractivity contribution in [3.63, 3.8) is 0 Å². The zero-order valence-electron chi connectivity index (χ0n) is 8.72. The molecule has 2 unspecified atom stereocenters. The number of aryl methyl sites for hydroxylation is 1. The zero-order valence-corrected chi connectivity index (χ0v) is 8.72. The van der Waals surface area contributed by atoms with Gasteiger partial charge in [0.05, 0.1) is 0 Å². The second-order valence-corrected chi connectivity index (χ2v) is 4.76. The minimum absolute atomic E-state index is 0.781. The number of benzene rings is 1. The Kier molecular flexibility index (Phi) is 1.88. The lowest BCUT2D eigenvalue weighted by molar-refractivity contribution is 0.549. The average Bonchev–Trinajstić information content (AvgIpc) is 2.51. The van der Waals surface area contributed by atoms with Crippen LogP contribution in [0.5, 0.6) is 0 Å². The van der Waals surface area contributed by atoms with Crippen molar-refractivity contribution in [2.45, 2.75) is 31.6 Å². The van der Waals surface area contributed by atoms with Crippen molar-refractivity contribution >= 4 is 0 Å². The van der Waals surface area contributed by atoms with E-state index in [0.29, 0.717) is 0 Å². The van der Waals surface area contributed by atoms with Gasteiger partial charge in [0, 0.05) is 13.1 Å². The summed E-state index contributed by atoms with van der Waals surface area (Å²) in [5, 5.41) is 3.58. The van der Waals surface area contributed by atoms with Gasteiger partial charge in [-0.15, -0.1) is 0 Å². The van der Waals surface area contributed by atoms with E-state index in [1.54, 1.807) is 11.1 Å². The Labute approximate surface area is 85.5 Å². The summed E-state index contributed by atoms with van der Waals surface area (Å²) in [5.74, 6) is 1.56. The van der Waals surface area contributed by atoms with Gasteiger partial charge in [0.25, 0.3) is 0 Å². The third-order valence-electron chi connectivity index (χ3n) is 3.77. The van der Waals surface area contributed by atoms with Crippen LogP contribution < -0.4 is 5.32 Å². The Morgan fingerprint density at radius 2 is 1.79 bits per heavy atom. The Bertz CT molecular complexity index is 352. The Morgan fingerprint density at radius 3 is 2.57 bits per heavy atom. The highest BCUT2D eigenvalue weighted by Gasteiger charge is 2.29. The molecule has 1 fully saturated rings. The lowest BCUT2D eigenvalue weighted by Crippen LogP contribution is -2.18. The number of hydrogen-bond donors (Lipinski definition) is 1. The predicted octanol–water partition coefficient (Wildman–Crippen LogP) is 2.56. The van der Waals surface area contributed by atoms with Crippen molar-refractivity contribution in [1.82, 2.24) is 5.32 Å². The molecule has 1 nitrogen and oxygen atoms in total. The van der Waals surface area contributed by atoms with E-state index in [1.165, 1.54) is 31.5 Å². The predicted molar refractivity (Wildman–Crippen MR) is 58.8 cm³/mol. The molecule has 4 rings (SSSR count). The monoisotopic (exact) mass is 187 g/mol. The van der Waals surface area contributed by atoms with Gasteiger partial charge in [-0.2, -0.15) is 0 Å². The summed E-state index contributed by atoms with van der Waals surface area (Å²) in [5.41, 5.74) is 4.67. The largest absolute Gasteiger partial charge is 0.316 e. The van der Waals surface area contributed by atoms with Gasteiger partial charge in [-0.3, -0.25) is 0 Å². The molecule has 0 spiro atoms. The van der Waals surface area contributed by atoms with Crippen LogP contribution in [-0.4, -0.2) is 13.1 Å². The van der Waals surface area contributed by atoms with E-state index in [0.717, 1.165) is 11.8 Å². The fraction of sp³-hybridized carbons (Fsp3) is 0.538. The van der Waals surface area contributed by atoms with E-state index >= 15 is 0 Å². The molecule has 0 amide bonds. The SMILES string of the molecule is Cc1ccc2c(c1)C1CCC2CNC1. The maximum atomic E-state index is 3.58. The van der Waals surface area contributed by atoms with E-state index < -0.39 is 0 Å². The molecular weight excluding hydrogens is 170 g/mol. The molecule has 0 saturated carbocycles. The van der Waals surface area contributed by atoms with Crippen LogP contribution in [0.1, 0.15) is 41.4 Å². The quantitative estimate of drug-likeness (QED) is 0.658. The van der Waals surface area contributed by atoms with E-state index in [9.17, 15) is 0 Å². The van der Waals surface area contributed by atoms with Gasteiger partial charge in [-0.1, -0.05) is 23.8 Å². The van der Waals surface area contributed by atoms with Crippen LogP contribution >= 0.6 is 0 Å². The maximum Gasteiger partial charge on any atom is 0.00205 e. The third-order valence-corrected chi connectivity index (χ3v) is 3.77.